The third-order valence-corrected chi connectivity index (χ3v) is 4.91. The van der Waals surface area contributed by atoms with Crippen LogP contribution in [0.2, 0.25) is 0 Å². The summed E-state index contributed by atoms with van der Waals surface area (Å²) in [5.41, 5.74) is 2.11. The second-order valence-electron chi connectivity index (χ2n) is 5.64. The van der Waals surface area contributed by atoms with Gasteiger partial charge in [0.2, 0.25) is 0 Å². The Morgan fingerprint density at radius 1 is 1.40 bits per heavy atom. The first kappa shape index (κ1) is 15.3. The maximum absolute atomic E-state index is 10.9. The van der Waals surface area contributed by atoms with Crippen LogP contribution in [-0.4, -0.2) is 30.6 Å². The minimum absolute atomic E-state index is 0.165. The van der Waals surface area contributed by atoms with Crippen molar-refractivity contribution in [1.82, 2.24) is 5.32 Å². The van der Waals surface area contributed by atoms with Crippen LogP contribution in [0.25, 0.3) is 0 Å². The molecule has 0 radical (unpaired) electrons. The number of benzene rings is 1. The van der Waals surface area contributed by atoms with Gasteiger partial charge in [0.15, 0.2) is 0 Å². The standard InChI is InChI=1S/C14H20BrN3O2/c1-10-8-13(11(15)9-12(10)18(19)20)17-6-4-14(2,16-3)5-7-17/h8-9,16H,4-7H2,1-3H3. The molecule has 1 heterocycles. The van der Waals surface area contributed by atoms with E-state index in [9.17, 15) is 10.1 Å². The minimum Gasteiger partial charge on any atom is -0.370 e. The van der Waals surface area contributed by atoms with Crippen LogP contribution < -0.4 is 10.2 Å². The molecule has 0 atom stereocenters. The number of nitrogens with one attached hydrogen (secondary N) is 1. The predicted molar refractivity (Wildman–Crippen MR) is 84.4 cm³/mol. The normalized spacial score (nSPS) is 18.1. The first-order valence-electron chi connectivity index (χ1n) is 6.75. The lowest BCUT2D eigenvalue weighted by Gasteiger charge is -2.40. The summed E-state index contributed by atoms with van der Waals surface area (Å²) >= 11 is 3.47. The topological polar surface area (TPSA) is 58.4 Å². The number of hydrogen-bond donors (Lipinski definition) is 1. The molecule has 0 spiro atoms. The molecule has 1 fully saturated rings. The van der Waals surface area contributed by atoms with Crippen molar-refractivity contribution >= 4 is 27.3 Å². The van der Waals surface area contributed by atoms with Crippen molar-refractivity contribution in [3.8, 4) is 0 Å². The van der Waals surface area contributed by atoms with Crippen LogP contribution in [-0.2, 0) is 0 Å². The van der Waals surface area contributed by atoms with Crippen LogP contribution in [0.1, 0.15) is 25.3 Å². The fraction of sp³-hybridized carbons (Fsp3) is 0.571. The summed E-state index contributed by atoms with van der Waals surface area (Å²) in [5.74, 6) is 0. The molecule has 0 aromatic heterocycles. The highest BCUT2D eigenvalue weighted by Gasteiger charge is 2.29. The molecule has 0 saturated carbocycles. The first-order valence-corrected chi connectivity index (χ1v) is 7.54. The summed E-state index contributed by atoms with van der Waals surface area (Å²) in [5, 5.41) is 14.3. The van der Waals surface area contributed by atoms with Crippen molar-refractivity contribution in [2.24, 2.45) is 0 Å². The SMILES string of the molecule is CNC1(C)CCN(c2cc(C)c([N+](=O)[O-])cc2Br)CC1. The van der Waals surface area contributed by atoms with Gasteiger partial charge in [0.1, 0.15) is 0 Å². The van der Waals surface area contributed by atoms with Crippen molar-refractivity contribution in [1.29, 1.82) is 0 Å². The molecule has 1 aromatic carbocycles. The summed E-state index contributed by atoms with van der Waals surface area (Å²) in [6.07, 6.45) is 2.12. The monoisotopic (exact) mass is 341 g/mol. The van der Waals surface area contributed by atoms with E-state index in [0.29, 0.717) is 5.56 Å². The number of piperidine rings is 1. The van der Waals surface area contributed by atoms with Crippen LogP contribution in [0.4, 0.5) is 11.4 Å². The average molecular weight is 342 g/mol. The van der Waals surface area contributed by atoms with E-state index in [1.807, 2.05) is 13.1 Å². The van der Waals surface area contributed by atoms with E-state index in [0.717, 1.165) is 36.1 Å². The largest absolute Gasteiger partial charge is 0.370 e. The summed E-state index contributed by atoms with van der Waals surface area (Å²) in [6, 6.07) is 3.51. The molecule has 0 unspecified atom stereocenters. The summed E-state index contributed by atoms with van der Waals surface area (Å²) < 4.78 is 0.794. The van der Waals surface area contributed by atoms with E-state index in [1.165, 1.54) is 0 Å². The van der Waals surface area contributed by atoms with E-state index < -0.39 is 0 Å². The number of anilines is 1. The molecule has 5 nitrogen and oxygen atoms in total. The molecule has 0 amide bonds. The Morgan fingerprint density at radius 2 is 2.00 bits per heavy atom. The Kier molecular flexibility index (Phi) is 4.34. The van der Waals surface area contributed by atoms with Gasteiger partial charge in [0.25, 0.3) is 5.69 Å². The lowest BCUT2D eigenvalue weighted by Crippen LogP contribution is -2.50. The number of hydrogen-bond acceptors (Lipinski definition) is 4. The Balaban J connectivity index is 2.23. The van der Waals surface area contributed by atoms with Crippen molar-refractivity contribution < 1.29 is 4.92 Å². The highest BCUT2D eigenvalue weighted by atomic mass is 79.9. The van der Waals surface area contributed by atoms with Crippen LogP contribution in [0.15, 0.2) is 16.6 Å². The fourth-order valence-corrected chi connectivity index (χ4v) is 3.17. The van der Waals surface area contributed by atoms with Gasteiger partial charge in [0.05, 0.1) is 10.6 Å². The fourth-order valence-electron chi connectivity index (χ4n) is 2.59. The zero-order chi connectivity index (χ0) is 14.9. The maximum atomic E-state index is 10.9. The third kappa shape index (κ3) is 2.96. The second-order valence-corrected chi connectivity index (χ2v) is 6.50. The van der Waals surface area contributed by atoms with Gasteiger partial charge in [0, 0.05) is 34.7 Å². The molecule has 1 aliphatic rings. The van der Waals surface area contributed by atoms with Gasteiger partial charge in [-0.15, -0.1) is 0 Å². The summed E-state index contributed by atoms with van der Waals surface area (Å²) in [7, 11) is 2.00. The number of halogens is 1. The van der Waals surface area contributed by atoms with Gasteiger partial charge in [-0.1, -0.05) is 0 Å². The highest BCUT2D eigenvalue weighted by Crippen LogP contribution is 2.35. The molecule has 1 aliphatic heterocycles. The number of aryl methyl sites for hydroxylation is 1. The van der Waals surface area contributed by atoms with Crippen LogP contribution >= 0.6 is 15.9 Å². The van der Waals surface area contributed by atoms with Gasteiger partial charge in [-0.25, -0.2) is 0 Å². The highest BCUT2D eigenvalue weighted by molar-refractivity contribution is 9.10. The summed E-state index contributed by atoms with van der Waals surface area (Å²) in [6.45, 7) is 5.93. The quantitative estimate of drug-likeness (QED) is 0.677. The zero-order valence-electron chi connectivity index (χ0n) is 12.1. The molecule has 6 heteroatoms. The lowest BCUT2D eigenvalue weighted by atomic mass is 9.89. The van der Waals surface area contributed by atoms with Crippen molar-refractivity contribution in [2.75, 3.05) is 25.0 Å². The minimum atomic E-state index is -0.335. The number of rotatable bonds is 3. The Bertz CT molecular complexity index is 525. The van der Waals surface area contributed by atoms with Gasteiger partial charge in [-0.2, -0.15) is 0 Å². The van der Waals surface area contributed by atoms with E-state index in [4.69, 9.17) is 0 Å². The molecular formula is C14H20BrN3O2. The molecule has 0 bridgehead atoms. The van der Waals surface area contributed by atoms with Crippen molar-refractivity contribution in [2.45, 2.75) is 32.2 Å². The first-order chi connectivity index (χ1) is 9.36. The van der Waals surface area contributed by atoms with Crippen LogP contribution in [0.5, 0.6) is 0 Å². The number of nitro benzene ring substituents is 1. The molecular weight excluding hydrogens is 322 g/mol. The Morgan fingerprint density at radius 3 is 2.50 bits per heavy atom. The molecule has 20 heavy (non-hydrogen) atoms. The Hall–Kier alpha value is -1.14. The van der Waals surface area contributed by atoms with Gasteiger partial charge >= 0.3 is 0 Å². The van der Waals surface area contributed by atoms with Gasteiger partial charge < -0.3 is 10.2 Å². The van der Waals surface area contributed by atoms with Crippen molar-refractivity contribution in [3.05, 3.63) is 32.3 Å². The number of nitro groups is 1. The van der Waals surface area contributed by atoms with E-state index in [-0.39, 0.29) is 16.1 Å². The lowest BCUT2D eigenvalue weighted by molar-refractivity contribution is -0.385. The molecule has 0 aliphatic carbocycles. The number of nitrogens with zero attached hydrogens (tertiary/aromatic N) is 2. The molecule has 1 saturated heterocycles. The summed E-state index contributed by atoms with van der Waals surface area (Å²) in [4.78, 5) is 12.9. The molecule has 1 aromatic rings. The maximum Gasteiger partial charge on any atom is 0.273 e. The van der Waals surface area contributed by atoms with Gasteiger partial charge in [-0.3, -0.25) is 10.1 Å². The molecule has 2 rings (SSSR count). The van der Waals surface area contributed by atoms with Crippen LogP contribution in [0.3, 0.4) is 0 Å². The molecule has 1 N–H and O–H groups in total. The second kappa shape index (κ2) is 5.69. The van der Waals surface area contributed by atoms with Crippen LogP contribution in [0, 0.1) is 17.0 Å². The molecule has 110 valence electrons. The van der Waals surface area contributed by atoms with E-state index in [1.54, 1.807) is 13.0 Å². The van der Waals surface area contributed by atoms with E-state index in [2.05, 4.69) is 33.1 Å². The Labute approximate surface area is 127 Å². The smallest absolute Gasteiger partial charge is 0.273 e. The van der Waals surface area contributed by atoms with Gasteiger partial charge in [-0.05, 0) is 55.7 Å². The van der Waals surface area contributed by atoms with Crippen molar-refractivity contribution in [3.63, 3.8) is 0 Å². The average Bonchev–Trinajstić information content (AvgIpc) is 2.42. The van der Waals surface area contributed by atoms with E-state index >= 15 is 0 Å². The predicted octanol–water partition coefficient (Wildman–Crippen LogP) is 3.24. The zero-order valence-corrected chi connectivity index (χ0v) is 13.7. The third-order valence-electron chi connectivity index (χ3n) is 4.27.